The molecule has 1 aliphatic rings. The van der Waals surface area contributed by atoms with E-state index in [9.17, 15) is 0 Å². The highest BCUT2D eigenvalue weighted by Crippen LogP contribution is 2.38. The maximum Gasteiger partial charge on any atom is 0.487 e. The van der Waals surface area contributed by atoms with Crippen molar-refractivity contribution in [3.63, 3.8) is 0 Å². The summed E-state index contributed by atoms with van der Waals surface area (Å²) in [6, 6.07) is 14.6. The van der Waals surface area contributed by atoms with Crippen LogP contribution in [0.1, 0.15) is 44.6 Å². The van der Waals surface area contributed by atoms with Crippen LogP contribution >= 0.6 is 11.3 Å². The van der Waals surface area contributed by atoms with Gasteiger partial charge in [0.05, 0.1) is 11.2 Å². The molecule has 25 heavy (non-hydrogen) atoms. The van der Waals surface area contributed by atoms with Gasteiger partial charge in [-0.05, 0) is 62.7 Å². The molecule has 1 aliphatic heterocycles. The van der Waals surface area contributed by atoms with Crippen LogP contribution in [0.15, 0.2) is 59.9 Å². The van der Waals surface area contributed by atoms with Gasteiger partial charge in [-0.3, -0.25) is 0 Å². The largest absolute Gasteiger partial charge is 0.487 e. The van der Waals surface area contributed by atoms with Gasteiger partial charge in [0.1, 0.15) is 0 Å². The molecule has 1 aromatic heterocycles. The van der Waals surface area contributed by atoms with Crippen molar-refractivity contribution in [3.05, 3.63) is 70.3 Å². The predicted molar refractivity (Wildman–Crippen MR) is 108 cm³/mol. The lowest BCUT2D eigenvalue weighted by molar-refractivity contribution is 0.00578. The van der Waals surface area contributed by atoms with Crippen molar-refractivity contribution in [2.75, 3.05) is 0 Å². The van der Waals surface area contributed by atoms with E-state index in [1.54, 1.807) is 11.3 Å². The van der Waals surface area contributed by atoms with Crippen LogP contribution in [-0.4, -0.2) is 18.3 Å². The lowest BCUT2D eigenvalue weighted by Gasteiger charge is -2.32. The van der Waals surface area contributed by atoms with E-state index in [1.165, 1.54) is 16.0 Å². The Kier molecular flexibility index (Phi) is 5.33. The first-order valence-electron chi connectivity index (χ1n) is 8.69. The average molecular weight is 352 g/mol. The summed E-state index contributed by atoms with van der Waals surface area (Å²) in [5, 5.41) is 2.11. The molecule has 0 saturated carbocycles. The summed E-state index contributed by atoms with van der Waals surface area (Å²) in [5.41, 5.74) is 1.83. The van der Waals surface area contributed by atoms with Crippen molar-refractivity contribution in [1.29, 1.82) is 0 Å². The van der Waals surface area contributed by atoms with Crippen LogP contribution in [-0.2, 0) is 9.31 Å². The van der Waals surface area contributed by atoms with Crippen LogP contribution in [0.3, 0.4) is 0 Å². The molecule has 2 aromatic rings. The molecule has 4 heteroatoms. The van der Waals surface area contributed by atoms with Crippen molar-refractivity contribution >= 4 is 30.1 Å². The number of thiophene rings is 1. The summed E-state index contributed by atoms with van der Waals surface area (Å²) in [5.74, 6) is 2.12. The number of hydrogen-bond acceptors (Lipinski definition) is 3. The summed E-state index contributed by atoms with van der Waals surface area (Å²) in [6.07, 6.45) is 5.21. The molecule has 0 amide bonds. The maximum absolute atomic E-state index is 6.14. The quantitative estimate of drug-likeness (QED) is 0.627. The molecule has 0 radical (unpaired) electrons. The van der Waals surface area contributed by atoms with Gasteiger partial charge in [-0.15, -0.1) is 11.3 Å². The van der Waals surface area contributed by atoms with Crippen molar-refractivity contribution in [1.82, 2.24) is 0 Å². The van der Waals surface area contributed by atoms with E-state index in [1.807, 2.05) is 6.07 Å². The van der Waals surface area contributed by atoms with Crippen LogP contribution < -0.4 is 0 Å². The van der Waals surface area contributed by atoms with Gasteiger partial charge < -0.3 is 9.31 Å². The maximum atomic E-state index is 6.14. The molecule has 0 N–H and O–H groups in total. The third-order valence-electron chi connectivity index (χ3n) is 4.89. The summed E-state index contributed by atoms with van der Waals surface area (Å²) >= 11 is 1.75. The molecule has 1 fully saturated rings. The molecule has 1 saturated heterocycles. The number of hydrogen-bond donors (Lipinski definition) is 0. The molecular weight excluding hydrogens is 327 g/mol. The molecule has 0 aliphatic carbocycles. The molecule has 0 bridgehead atoms. The number of benzene rings is 1. The third kappa shape index (κ3) is 4.32. The zero-order valence-electron chi connectivity index (χ0n) is 15.4. The molecule has 0 unspecified atom stereocenters. The standard InChI is InChI=1S/C21H25BO2S/c1-20(2)21(3,4)24-22(23-20)16-18(19-14-9-15-25-19)13-8-12-17-10-6-5-7-11-17/h5-12,14-16H,13H2,1-4H3/b12-8+,18-16+. The molecule has 3 rings (SSSR count). The van der Waals surface area contributed by atoms with Gasteiger partial charge >= 0.3 is 7.12 Å². The Balaban J connectivity index is 1.78. The fourth-order valence-corrected chi connectivity index (χ4v) is 3.48. The Morgan fingerprint density at radius 2 is 1.68 bits per heavy atom. The molecule has 2 nitrogen and oxygen atoms in total. The topological polar surface area (TPSA) is 18.5 Å². The molecule has 0 spiro atoms. The van der Waals surface area contributed by atoms with Crippen LogP contribution in [0.2, 0.25) is 0 Å². The van der Waals surface area contributed by atoms with E-state index in [0.29, 0.717) is 0 Å². The second-order valence-electron chi connectivity index (χ2n) is 7.31. The first-order chi connectivity index (χ1) is 11.9. The first kappa shape index (κ1) is 18.2. The first-order valence-corrected chi connectivity index (χ1v) is 9.57. The van der Waals surface area contributed by atoms with Crippen molar-refractivity contribution in [2.45, 2.75) is 45.3 Å². The Bertz CT molecular complexity index is 729. The van der Waals surface area contributed by atoms with Gasteiger partial charge in [0.25, 0.3) is 0 Å². The van der Waals surface area contributed by atoms with Gasteiger partial charge in [-0.2, -0.15) is 0 Å². The highest BCUT2D eigenvalue weighted by Gasteiger charge is 2.50. The number of allylic oxidation sites excluding steroid dienone is 2. The molecule has 1 aromatic carbocycles. The summed E-state index contributed by atoms with van der Waals surface area (Å²) in [4.78, 5) is 1.26. The molecule has 0 atom stereocenters. The Morgan fingerprint density at radius 1 is 1.00 bits per heavy atom. The van der Waals surface area contributed by atoms with Crippen molar-refractivity contribution < 1.29 is 9.31 Å². The Morgan fingerprint density at radius 3 is 2.28 bits per heavy atom. The van der Waals surface area contributed by atoms with Gasteiger partial charge in [-0.1, -0.05) is 48.6 Å². The fraction of sp³-hybridized carbons (Fsp3) is 0.333. The predicted octanol–water partition coefficient (Wildman–Crippen LogP) is 5.87. The van der Waals surface area contributed by atoms with E-state index in [-0.39, 0.29) is 18.3 Å². The van der Waals surface area contributed by atoms with E-state index >= 15 is 0 Å². The summed E-state index contributed by atoms with van der Waals surface area (Å²) in [7, 11) is -0.313. The monoisotopic (exact) mass is 352 g/mol. The van der Waals surface area contributed by atoms with Crippen molar-refractivity contribution in [2.24, 2.45) is 0 Å². The fourth-order valence-electron chi connectivity index (χ4n) is 2.72. The summed E-state index contributed by atoms with van der Waals surface area (Å²) < 4.78 is 12.3. The lowest BCUT2D eigenvalue weighted by atomic mass is 9.85. The minimum atomic E-state index is -0.313. The van der Waals surface area contributed by atoms with E-state index in [4.69, 9.17) is 9.31 Å². The Hall–Kier alpha value is -1.62. The van der Waals surface area contributed by atoms with E-state index in [0.717, 1.165) is 6.42 Å². The zero-order chi connectivity index (χ0) is 17.9. The van der Waals surface area contributed by atoms with Crippen LogP contribution in [0, 0.1) is 0 Å². The molecular formula is C21H25BO2S. The highest BCUT2D eigenvalue weighted by atomic mass is 32.1. The van der Waals surface area contributed by atoms with E-state index in [2.05, 4.69) is 87.6 Å². The smallest absolute Gasteiger partial charge is 0.400 e. The van der Waals surface area contributed by atoms with Gasteiger partial charge in [0.2, 0.25) is 0 Å². The van der Waals surface area contributed by atoms with Crippen LogP contribution in [0.4, 0.5) is 0 Å². The van der Waals surface area contributed by atoms with Crippen molar-refractivity contribution in [3.8, 4) is 0 Å². The van der Waals surface area contributed by atoms with Crippen LogP contribution in [0.25, 0.3) is 11.6 Å². The zero-order valence-corrected chi connectivity index (χ0v) is 16.2. The van der Waals surface area contributed by atoms with Crippen LogP contribution in [0.5, 0.6) is 0 Å². The van der Waals surface area contributed by atoms with Gasteiger partial charge in [-0.25, -0.2) is 0 Å². The second-order valence-corrected chi connectivity index (χ2v) is 8.26. The van der Waals surface area contributed by atoms with E-state index < -0.39 is 0 Å². The second kappa shape index (κ2) is 7.32. The van der Waals surface area contributed by atoms with Gasteiger partial charge in [0.15, 0.2) is 0 Å². The van der Waals surface area contributed by atoms with Gasteiger partial charge in [0, 0.05) is 4.88 Å². The summed E-state index contributed by atoms with van der Waals surface area (Å²) in [6.45, 7) is 8.34. The average Bonchev–Trinajstić information content (AvgIpc) is 3.14. The third-order valence-corrected chi connectivity index (χ3v) is 5.84. The molecule has 130 valence electrons. The highest BCUT2D eigenvalue weighted by molar-refractivity contribution is 7.11. The number of rotatable bonds is 5. The lowest BCUT2D eigenvalue weighted by Crippen LogP contribution is -2.41. The minimum absolute atomic E-state index is 0.311. The minimum Gasteiger partial charge on any atom is -0.400 e. The normalized spacial score (nSPS) is 19.7. The SMILES string of the molecule is CC1(C)OB(/C=C(\C/C=C/c2ccccc2)c2cccs2)OC1(C)C. The molecule has 2 heterocycles. The Labute approximate surface area is 155 Å².